The molecule has 0 amide bonds. The number of thiophene rings is 1. The number of rotatable bonds is 4. The van der Waals surface area contributed by atoms with Gasteiger partial charge in [0.2, 0.25) is 0 Å². The summed E-state index contributed by atoms with van der Waals surface area (Å²) in [4.78, 5) is 5.13. The zero-order valence-electron chi connectivity index (χ0n) is 12.8. The van der Waals surface area contributed by atoms with Crippen molar-refractivity contribution in [3.05, 3.63) is 46.7 Å². The summed E-state index contributed by atoms with van der Waals surface area (Å²) in [6, 6.07) is 9.08. The third-order valence-electron chi connectivity index (χ3n) is 4.14. The van der Waals surface area contributed by atoms with Crippen LogP contribution in [0.25, 0.3) is 10.6 Å². The molecular formula is C16H19N5S. The highest BCUT2D eigenvalue weighted by molar-refractivity contribution is 7.15. The molecule has 4 rings (SSSR count). The molecule has 1 aliphatic heterocycles. The number of hydrogen-bond acceptors (Lipinski definition) is 4. The lowest BCUT2D eigenvalue weighted by Crippen LogP contribution is -2.47. The van der Waals surface area contributed by atoms with Crippen LogP contribution in [0.4, 0.5) is 0 Å². The molecule has 0 bridgehead atoms. The van der Waals surface area contributed by atoms with Gasteiger partial charge in [-0.3, -0.25) is 14.7 Å². The summed E-state index contributed by atoms with van der Waals surface area (Å²) in [5.74, 6) is 0. The van der Waals surface area contributed by atoms with Gasteiger partial charge in [0.25, 0.3) is 0 Å². The molecule has 3 aromatic rings. The van der Waals surface area contributed by atoms with Gasteiger partial charge in [0.1, 0.15) is 0 Å². The molecule has 3 aromatic heterocycles. The van der Waals surface area contributed by atoms with Gasteiger partial charge in [-0.25, -0.2) is 0 Å². The Hall–Kier alpha value is -1.92. The molecule has 6 heteroatoms. The summed E-state index contributed by atoms with van der Waals surface area (Å²) >= 11 is 1.84. The van der Waals surface area contributed by atoms with Crippen LogP contribution >= 0.6 is 11.3 Å². The molecule has 0 saturated carbocycles. The van der Waals surface area contributed by atoms with Gasteiger partial charge < -0.3 is 0 Å². The number of nitrogens with zero attached hydrogens (tertiary/aromatic N) is 4. The molecule has 4 heterocycles. The van der Waals surface area contributed by atoms with Gasteiger partial charge in [0.15, 0.2) is 0 Å². The highest BCUT2D eigenvalue weighted by atomic mass is 32.1. The van der Waals surface area contributed by atoms with Crippen LogP contribution in [-0.4, -0.2) is 38.0 Å². The molecule has 0 atom stereocenters. The second kappa shape index (κ2) is 5.37. The molecule has 1 aliphatic rings. The van der Waals surface area contributed by atoms with Crippen molar-refractivity contribution < 1.29 is 0 Å². The highest BCUT2D eigenvalue weighted by Gasteiger charge is 2.29. The first-order valence-electron chi connectivity index (χ1n) is 7.52. The Balaban J connectivity index is 1.37. The van der Waals surface area contributed by atoms with Crippen molar-refractivity contribution in [1.29, 1.82) is 0 Å². The van der Waals surface area contributed by atoms with Crippen LogP contribution < -0.4 is 0 Å². The summed E-state index contributed by atoms with van der Waals surface area (Å²) in [7, 11) is 0. The molecule has 1 fully saturated rings. The smallest absolute Gasteiger partial charge is 0.0776 e. The fourth-order valence-electron chi connectivity index (χ4n) is 3.06. The molecule has 22 heavy (non-hydrogen) atoms. The SMILES string of the molecule is Cc1cc(C)n(C2CN(Cc3ccc(-c4ccn[nH]4)s3)C2)n1. The maximum atomic E-state index is 4.59. The Labute approximate surface area is 133 Å². The van der Waals surface area contributed by atoms with Crippen LogP contribution in [0, 0.1) is 13.8 Å². The minimum atomic E-state index is 0.528. The van der Waals surface area contributed by atoms with E-state index in [0.717, 1.165) is 31.0 Å². The minimum Gasteiger partial charge on any atom is -0.294 e. The summed E-state index contributed by atoms with van der Waals surface area (Å²) in [6.45, 7) is 7.38. The summed E-state index contributed by atoms with van der Waals surface area (Å²) < 4.78 is 2.18. The zero-order valence-corrected chi connectivity index (χ0v) is 13.6. The number of likely N-dealkylation sites (tertiary alicyclic amines) is 1. The third-order valence-corrected chi connectivity index (χ3v) is 5.24. The van der Waals surface area contributed by atoms with E-state index in [0.29, 0.717) is 6.04 Å². The zero-order chi connectivity index (χ0) is 15.1. The molecular weight excluding hydrogens is 294 g/mol. The van der Waals surface area contributed by atoms with E-state index in [4.69, 9.17) is 0 Å². The number of aromatic nitrogens is 4. The average molecular weight is 313 g/mol. The van der Waals surface area contributed by atoms with Crippen molar-refractivity contribution in [3.8, 4) is 10.6 Å². The van der Waals surface area contributed by atoms with Crippen molar-refractivity contribution in [1.82, 2.24) is 24.9 Å². The van der Waals surface area contributed by atoms with Gasteiger partial charge in [-0.2, -0.15) is 10.2 Å². The van der Waals surface area contributed by atoms with E-state index < -0.39 is 0 Å². The normalized spacial score (nSPS) is 16.1. The van der Waals surface area contributed by atoms with Crippen LogP contribution in [-0.2, 0) is 6.54 Å². The maximum Gasteiger partial charge on any atom is 0.0776 e. The van der Waals surface area contributed by atoms with Gasteiger partial charge in [0.05, 0.1) is 22.3 Å². The average Bonchev–Trinajstić information content (AvgIpc) is 3.14. The lowest BCUT2D eigenvalue weighted by molar-refractivity contribution is 0.0904. The minimum absolute atomic E-state index is 0.528. The molecule has 5 nitrogen and oxygen atoms in total. The molecule has 0 aliphatic carbocycles. The van der Waals surface area contributed by atoms with Gasteiger partial charge >= 0.3 is 0 Å². The van der Waals surface area contributed by atoms with E-state index in [-0.39, 0.29) is 0 Å². The van der Waals surface area contributed by atoms with Crippen LogP contribution in [0.2, 0.25) is 0 Å². The lowest BCUT2D eigenvalue weighted by Gasteiger charge is -2.39. The Kier molecular flexibility index (Phi) is 3.35. The molecule has 0 aromatic carbocycles. The Morgan fingerprint density at radius 2 is 2.14 bits per heavy atom. The summed E-state index contributed by atoms with van der Waals surface area (Å²) in [5, 5.41) is 11.6. The molecule has 114 valence electrons. The number of nitrogens with one attached hydrogen (secondary N) is 1. The largest absolute Gasteiger partial charge is 0.294 e. The Morgan fingerprint density at radius 1 is 1.27 bits per heavy atom. The first-order valence-corrected chi connectivity index (χ1v) is 8.34. The van der Waals surface area contributed by atoms with E-state index in [1.807, 2.05) is 17.4 Å². The van der Waals surface area contributed by atoms with Gasteiger partial charge in [-0.05, 0) is 38.1 Å². The molecule has 1 N–H and O–H groups in total. The molecule has 0 radical (unpaired) electrons. The van der Waals surface area contributed by atoms with Crippen LogP contribution in [0.5, 0.6) is 0 Å². The van der Waals surface area contributed by atoms with E-state index in [2.05, 4.69) is 56.9 Å². The van der Waals surface area contributed by atoms with Crippen molar-refractivity contribution >= 4 is 11.3 Å². The molecule has 1 saturated heterocycles. The standard InChI is InChI=1S/C16H19N5S/c1-11-7-12(2)21(19-11)13-8-20(9-13)10-14-3-4-16(22-14)15-5-6-17-18-15/h3-7,13H,8-10H2,1-2H3,(H,17,18). The first-order chi connectivity index (χ1) is 10.7. The van der Waals surface area contributed by atoms with Crippen molar-refractivity contribution in [2.45, 2.75) is 26.4 Å². The summed E-state index contributed by atoms with van der Waals surface area (Å²) in [5.41, 5.74) is 3.47. The van der Waals surface area contributed by atoms with Gasteiger partial charge in [0, 0.05) is 36.4 Å². The van der Waals surface area contributed by atoms with Gasteiger partial charge in [-0.15, -0.1) is 11.3 Å². The van der Waals surface area contributed by atoms with Crippen LogP contribution in [0.15, 0.2) is 30.5 Å². The number of H-pyrrole nitrogens is 1. The van der Waals surface area contributed by atoms with E-state index in [9.17, 15) is 0 Å². The fraction of sp³-hybridized carbons (Fsp3) is 0.375. The third kappa shape index (κ3) is 2.48. The van der Waals surface area contributed by atoms with E-state index in [1.54, 1.807) is 6.20 Å². The Bertz CT molecular complexity index is 764. The predicted octanol–water partition coefficient (Wildman–Crippen LogP) is 3.01. The quantitative estimate of drug-likeness (QED) is 0.805. The monoisotopic (exact) mass is 313 g/mol. The highest BCUT2D eigenvalue weighted by Crippen LogP contribution is 2.30. The second-order valence-electron chi connectivity index (χ2n) is 5.96. The van der Waals surface area contributed by atoms with Crippen molar-refractivity contribution in [3.63, 3.8) is 0 Å². The molecule has 0 spiro atoms. The predicted molar refractivity (Wildman–Crippen MR) is 87.9 cm³/mol. The second-order valence-corrected chi connectivity index (χ2v) is 7.12. The fourth-order valence-corrected chi connectivity index (χ4v) is 4.09. The summed E-state index contributed by atoms with van der Waals surface area (Å²) in [6.07, 6.45) is 1.79. The maximum absolute atomic E-state index is 4.59. The van der Waals surface area contributed by atoms with Crippen molar-refractivity contribution in [2.24, 2.45) is 0 Å². The van der Waals surface area contributed by atoms with Crippen LogP contribution in [0.3, 0.4) is 0 Å². The van der Waals surface area contributed by atoms with Gasteiger partial charge in [-0.1, -0.05) is 0 Å². The lowest BCUT2D eigenvalue weighted by atomic mass is 10.1. The number of hydrogen-bond donors (Lipinski definition) is 1. The number of aromatic amines is 1. The first kappa shape index (κ1) is 13.7. The number of aryl methyl sites for hydroxylation is 2. The van der Waals surface area contributed by atoms with Crippen LogP contribution in [0.1, 0.15) is 22.3 Å². The topological polar surface area (TPSA) is 49.7 Å². The Morgan fingerprint density at radius 3 is 2.82 bits per heavy atom. The van der Waals surface area contributed by atoms with Crippen molar-refractivity contribution in [2.75, 3.05) is 13.1 Å². The molecule has 0 unspecified atom stereocenters. The van der Waals surface area contributed by atoms with E-state index in [1.165, 1.54) is 15.4 Å². The van der Waals surface area contributed by atoms with E-state index >= 15 is 0 Å².